The Bertz CT molecular complexity index is 501. The van der Waals surface area contributed by atoms with Gasteiger partial charge >= 0.3 is 6.03 Å². The van der Waals surface area contributed by atoms with E-state index in [2.05, 4.69) is 35.1 Å². The standard InChI is InChI=1S/C14H19BrN2O3/c1-9(2)10(7-15)8-17-12(18)14(3,16-13(17)19)11-5-4-6-20-11/h4-6,9-10H,7-8H2,1-3H3,(H,16,19). The number of halogens is 1. The van der Waals surface area contributed by atoms with Crippen LogP contribution in [-0.4, -0.2) is 28.7 Å². The summed E-state index contributed by atoms with van der Waals surface area (Å²) in [6.45, 7) is 6.24. The van der Waals surface area contributed by atoms with Gasteiger partial charge in [0, 0.05) is 11.9 Å². The van der Waals surface area contributed by atoms with Gasteiger partial charge in [-0.25, -0.2) is 4.79 Å². The number of amides is 3. The SMILES string of the molecule is CC(C)C(CBr)CN1C(=O)NC(C)(c2ccco2)C1=O. The maximum Gasteiger partial charge on any atom is 0.325 e. The highest BCUT2D eigenvalue weighted by molar-refractivity contribution is 9.09. The van der Waals surface area contributed by atoms with Crippen molar-refractivity contribution in [3.63, 3.8) is 0 Å². The fourth-order valence-electron chi connectivity index (χ4n) is 2.27. The van der Waals surface area contributed by atoms with Crippen molar-refractivity contribution in [1.82, 2.24) is 10.2 Å². The van der Waals surface area contributed by atoms with Crippen LogP contribution in [0.4, 0.5) is 4.79 Å². The zero-order valence-corrected chi connectivity index (χ0v) is 13.4. The quantitative estimate of drug-likeness (QED) is 0.661. The first-order valence-electron chi connectivity index (χ1n) is 6.64. The summed E-state index contributed by atoms with van der Waals surface area (Å²) < 4.78 is 5.29. The number of rotatable bonds is 5. The second kappa shape index (κ2) is 5.60. The average Bonchev–Trinajstić information content (AvgIpc) is 2.98. The molecule has 2 unspecified atom stereocenters. The van der Waals surface area contributed by atoms with Crippen LogP contribution in [0.15, 0.2) is 22.8 Å². The molecule has 2 heterocycles. The van der Waals surface area contributed by atoms with Crippen LogP contribution in [0.3, 0.4) is 0 Å². The summed E-state index contributed by atoms with van der Waals surface area (Å²) in [7, 11) is 0. The van der Waals surface area contributed by atoms with Crippen molar-refractivity contribution in [2.75, 3.05) is 11.9 Å². The van der Waals surface area contributed by atoms with Gasteiger partial charge in [-0.1, -0.05) is 29.8 Å². The third-order valence-corrected chi connectivity index (χ3v) is 4.68. The molecular weight excluding hydrogens is 324 g/mol. The van der Waals surface area contributed by atoms with Crippen LogP contribution < -0.4 is 5.32 Å². The van der Waals surface area contributed by atoms with Gasteiger partial charge in [0.25, 0.3) is 5.91 Å². The minimum Gasteiger partial charge on any atom is -0.466 e. The molecule has 0 radical (unpaired) electrons. The summed E-state index contributed by atoms with van der Waals surface area (Å²) in [5.41, 5.74) is -1.10. The van der Waals surface area contributed by atoms with Gasteiger partial charge in [0.1, 0.15) is 5.76 Å². The van der Waals surface area contributed by atoms with Gasteiger partial charge in [-0.15, -0.1) is 0 Å². The van der Waals surface area contributed by atoms with Crippen molar-refractivity contribution in [3.8, 4) is 0 Å². The Labute approximate surface area is 126 Å². The highest BCUT2D eigenvalue weighted by atomic mass is 79.9. The predicted molar refractivity (Wildman–Crippen MR) is 78.4 cm³/mol. The topological polar surface area (TPSA) is 62.6 Å². The van der Waals surface area contributed by atoms with Crippen LogP contribution in [-0.2, 0) is 10.3 Å². The lowest BCUT2D eigenvalue weighted by molar-refractivity contribution is -0.132. The summed E-state index contributed by atoms with van der Waals surface area (Å²) in [4.78, 5) is 26.0. The number of urea groups is 1. The lowest BCUT2D eigenvalue weighted by atomic mass is 9.96. The Hall–Kier alpha value is -1.30. The van der Waals surface area contributed by atoms with Crippen molar-refractivity contribution in [2.45, 2.75) is 26.3 Å². The second-order valence-electron chi connectivity index (χ2n) is 5.61. The molecule has 1 aromatic rings. The van der Waals surface area contributed by atoms with E-state index in [1.165, 1.54) is 11.2 Å². The fraction of sp³-hybridized carbons (Fsp3) is 0.571. The highest BCUT2D eigenvalue weighted by Gasteiger charge is 2.51. The van der Waals surface area contributed by atoms with Crippen molar-refractivity contribution in [1.29, 1.82) is 0 Å². The smallest absolute Gasteiger partial charge is 0.325 e. The maximum atomic E-state index is 12.6. The van der Waals surface area contributed by atoms with Crippen LogP contribution in [0.5, 0.6) is 0 Å². The molecule has 0 spiro atoms. The Morgan fingerprint density at radius 1 is 1.45 bits per heavy atom. The van der Waals surface area contributed by atoms with Crippen molar-refractivity contribution < 1.29 is 14.0 Å². The molecule has 0 saturated carbocycles. The van der Waals surface area contributed by atoms with Gasteiger partial charge in [0.2, 0.25) is 0 Å². The van der Waals surface area contributed by atoms with E-state index in [1.54, 1.807) is 19.1 Å². The van der Waals surface area contributed by atoms with Crippen LogP contribution >= 0.6 is 15.9 Å². The molecule has 20 heavy (non-hydrogen) atoms. The minimum atomic E-state index is -1.10. The monoisotopic (exact) mass is 342 g/mol. The Morgan fingerprint density at radius 3 is 2.65 bits per heavy atom. The van der Waals surface area contributed by atoms with E-state index in [0.29, 0.717) is 18.2 Å². The molecule has 5 nitrogen and oxygen atoms in total. The van der Waals surface area contributed by atoms with Gasteiger partial charge < -0.3 is 9.73 Å². The minimum absolute atomic E-state index is 0.226. The first-order valence-corrected chi connectivity index (χ1v) is 7.76. The number of alkyl halides is 1. The number of hydrogen-bond acceptors (Lipinski definition) is 3. The largest absolute Gasteiger partial charge is 0.466 e. The molecular formula is C14H19BrN2O3. The molecule has 2 rings (SSSR count). The van der Waals surface area contributed by atoms with E-state index < -0.39 is 5.54 Å². The van der Waals surface area contributed by atoms with E-state index in [-0.39, 0.29) is 17.9 Å². The Kier molecular flexibility index (Phi) is 4.22. The molecule has 1 saturated heterocycles. The molecule has 0 bridgehead atoms. The van der Waals surface area contributed by atoms with Crippen molar-refractivity contribution in [3.05, 3.63) is 24.2 Å². The number of imide groups is 1. The van der Waals surface area contributed by atoms with Crippen molar-refractivity contribution >= 4 is 27.9 Å². The Balaban J connectivity index is 2.21. The molecule has 1 aromatic heterocycles. The number of nitrogens with one attached hydrogen (secondary N) is 1. The third kappa shape index (κ3) is 2.49. The average molecular weight is 343 g/mol. The molecule has 1 aliphatic heterocycles. The lowest BCUT2D eigenvalue weighted by Crippen LogP contribution is -2.41. The molecule has 1 N–H and O–H groups in total. The van der Waals surface area contributed by atoms with Crippen molar-refractivity contribution in [2.24, 2.45) is 11.8 Å². The second-order valence-corrected chi connectivity index (χ2v) is 6.25. The van der Waals surface area contributed by atoms with E-state index in [0.717, 1.165) is 5.33 Å². The third-order valence-electron chi connectivity index (χ3n) is 3.85. The highest BCUT2D eigenvalue weighted by Crippen LogP contribution is 2.30. The van der Waals surface area contributed by atoms with E-state index in [1.807, 2.05) is 0 Å². The molecule has 1 aliphatic rings. The summed E-state index contributed by atoms with van der Waals surface area (Å²) in [6, 6.07) is 3.05. The number of carbonyl (C=O) groups excluding carboxylic acids is 2. The normalized spacial score (nSPS) is 24.4. The van der Waals surface area contributed by atoms with Crippen LogP contribution in [0, 0.1) is 11.8 Å². The first-order chi connectivity index (χ1) is 9.40. The molecule has 1 fully saturated rings. The number of furan rings is 1. The Morgan fingerprint density at radius 2 is 2.15 bits per heavy atom. The molecule has 2 atom stereocenters. The van der Waals surface area contributed by atoms with Gasteiger partial charge in [0.15, 0.2) is 5.54 Å². The predicted octanol–water partition coefficient (Wildman–Crippen LogP) is 2.71. The molecule has 6 heteroatoms. The summed E-state index contributed by atoms with van der Waals surface area (Å²) in [5.74, 6) is 0.802. The van der Waals surface area contributed by atoms with Gasteiger partial charge in [0.05, 0.1) is 6.26 Å². The first kappa shape index (κ1) is 15.1. The van der Waals surface area contributed by atoms with E-state index in [9.17, 15) is 9.59 Å². The molecule has 110 valence electrons. The van der Waals surface area contributed by atoms with Crippen LogP contribution in [0.2, 0.25) is 0 Å². The van der Waals surface area contributed by atoms with Gasteiger partial charge in [-0.3, -0.25) is 9.69 Å². The molecule has 0 aliphatic carbocycles. The van der Waals surface area contributed by atoms with E-state index >= 15 is 0 Å². The van der Waals surface area contributed by atoms with E-state index in [4.69, 9.17) is 4.42 Å². The van der Waals surface area contributed by atoms with Crippen LogP contribution in [0.1, 0.15) is 26.5 Å². The maximum absolute atomic E-state index is 12.6. The van der Waals surface area contributed by atoms with Crippen LogP contribution in [0.25, 0.3) is 0 Å². The summed E-state index contributed by atoms with van der Waals surface area (Å²) in [6.07, 6.45) is 1.50. The summed E-state index contributed by atoms with van der Waals surface area (Å²) in [5, 5.41) is 3.48. The lowest BCUT2D eigenvalue weighted by Gasteiger charge is -2.24. The zero-order chi connectivity index (χ0) is 14.9. The zero-order valence-electron chi connectivity index (χ0n) is 11.9. The molecule has 3 amide bonds. The number of carbonyl (C=O) groups is 2. The summed E-state index contributed by atoms with van der Waals surface area (Å²) >= 11 is 3.44. The number of nitrogens with zero attached hydrogens (tertiary/aromatic N) is 1. The number of hydrogen-bond donors (Lipinski definition) is 1. The molecule has 0 aromatic carbocycles. The van der Waals surface area contributed by atoms with Gasteiger partial charge in [-0.2, -0.15) is 0 Å². The van der Waals surface area contributed by atoms with Gasteiger partial charge in [-0.05, 0) is 30.9 Å². The fourth-order valence-corrected chi connectivity index (χ4v) is 3.22.